The van der Waals surface area contributed by atoms with Gasteiger partial charge in [-0.15, -0.1) is 0 Å². The first-order chi connectivity index (χ1) is 13.8. The number of pyridine rings is 1. The van der Waals surface area contributed by atoms with Crippen LogP contribution >= 0.6 is 0 Å². The molecule has 146 valence electrons. The van der Waals surface area contributed by atoms with Gasteiger partial charge in [0.15, 0.2) is 0 Å². The minimum atomic E-state index is -0.295. The lowest BCUT2D eigenvalue weighted by molar-refractivity contribution is 0.122. The van der Waals surface area contributed by atoms with Gasteiger partial charge in [-0.1, -0.05) is 0 Å². The molecule has 5 nitrogen and oxygen atoms in total. The van der Waals surface area contributed by atoms with Gasteiger partial charge >= 0.3 is 0 Å². The number of benzene rings is 1. The second kappa shape index (κ2) is 7.43. The number of ether oxygens (including phenoxy) is 1. The fourth-order valence-electron chi connectivity index (χ4n) is 4.46. The molecular weight excluding hydrogens is 355 g/mol. The molecule has 1 aromatic carbocycles. The number of nitrogens with zero attached hydrogens (tertiary/aromatic N) is 3. The molecule has 6 heteroatoms. The van der Waals surface area contributed by atoms with Crippen LogP contribution in [0, 0.1) is 5.82 Å². The van der Waals surface area contributed by atoms with Crippen molar-refractivity contribution in [2.45, 2.75) is 18.8 Å². The Morgan fingerprint density at radius 2 is 1.61 bits per heavy atom. The van der Waals surface area contributed by atoms with Crippen LogP contribution in [0.1, 0.15) is 24.3 Å². The highest BCUT2D eigenvalue weighted by atomic mass is 19.1. The summed E-state index contributed by atoms with van der Waals surface area (Å²) in [6.07, 6.45) is 5.48. The van der Waals surface area contributed by atoms with Crippen LogP contribution in [0.2, 0.25) is 0 Å². The van der Waals surface area contributed by atoms with Crippen molar-refractivity contribution in [2.75, 3.05) is 49.2 Å². The van der Waals surface area contributed by atoms with Crippen LogP contribution in [0.15, 0.2) is 42.7 Å². The Balaban J connectivity index is 1.25. The summed E-state index contributed by atoms with van der Waals surface area (Å²) in [6.45, 7) is 5.60. The quantitative estimate of drug-likeness (QED) is 0.748. The number of aromatic amines is 1. The predicted octanol–water partition coefficient (Wildman–Crippen LogP) is 3.92. The van der Waals surface area contributed by atoms with Crippen molar-refractivity contribution in [3.63, 3.8) is 0 Å². The molecule has 28 heavy (non-hydrogen) atoms. The van der Waals surface area contributed by atoms with Gasteiger partial charge in [-0.2, -0.15) is 0 Å². The first-order valence-corrected chi connectivity index (χ1v) is 10.1. The molecule has 2 aliphatic rings. The first-order valence-electron chi connectivity index (χ1n) is 10.1. The highest BCUT2D eigenvalue weighted by Gasteiger charge is 2.24. The van der Waals surface area contributed by atoms with E-state index in [1.807, 2.05) is 6.20 Å². The summed E-state index contributed by atoms with van der Waals surface area (Å²) in [7, 11) is 0. The molecule has 0 atom stereocenters. The minimum absolute atomic E-state index is 0.295. The number of H-pyrrole nitrogens is 1. The summed E-state index contributed by atoms with van der Waals surface area (Å²) in [5, 5.41) is 0. The second-order valence-electron chi connectivity index (χ2n) is 7.67. The Morgan fingerprint density at radius 1 is 0.964 bits per heavy atom. The van der Waals surface area contributed by atoms with Gasteiger partial charge in [-0.25, -0.2) is 4.39 Å². The van der Waals surface area contributed by atoms with Crippen LogP contribution < -0.4 is 9.80 Å². The van der Waals surface area contributed by atoms with E-state index in [0.29, 0.717) is 5.92 Å². The Morgan fingerprint density at radius 3 is 2.29 bits per heavy atom. The highest BCUT2D eigenvalue weighted by Crippen LogP contribution is 2.34. The van der Waals surface area contributed by atoms with Crippen molar-refractivity contribution in [3.8, 4) is 0 Å². The van der Waals surface area contributed by atoms with E-state index in [1.165, 1.54) is 29.2 Å². The van der Waals surface area contributed by atoms with Crippen LogP contribution in [0.25, 0.3) is 11.0 Å². The van der Waals surface area contributed by atoms with E-state index in [-0.39, 0.29) is 5.82 Å². The topological polar surface area (TPSA) is 44.4 Å². The summed E-state index contributed by atoms with van der Waals surface area (Å²) < 4.78 is 18.8. The molecule has 0 saturated carbocycles. The monoisotopic (exact) mass is 380 g/mol. The van der Waals surface area contributed by atoms with Gasteiger partial charge in [0.1, 0.15) is 5.82 Å². The van der Waals surface area contributed by atoms with Gasteiger partial charge in [0.2, 0.25) is 0 Å². The number of anilines is 2. The SMILES string of the molecule is Fc1cnc2c(C3CCN(c4ccc(N5CCOCC5)cc4)CC3)c[nH]c2c1. The number of piperidine rings is 1. The Kier molecular flexibility index (Phi) is 4.64. The molecule has 0 radical (unpaired) electrons. The smallest absolute Gasteiger partial charge is 0.143 e. The first kappa shape index (κ1) is 17.5. The van der Waals surface area contributed by atoms with Crippen LogP contribution in [0.3, 0.4) is 0 Å². The third-order valence-corrected chi connectivity index (χ3v) is 6.04. The van der Waals surface area contributed by atoms with Crippen LogP contribution in [0.5, 0.6) is 0 Å². The second-order valence-corrected chi connectivity index (χ2v) is 7.67. The van der Waals surface area contributed by atoms with E-state index < -0.39 is 0 Å². The Bertz CT molecular complexity index is 941. The van der Waals surface area contributed by atoms with Crippen LogP contribution in [0.4, 0.5) is 15.8 Å². The maximum absolute atomic E-state index is 13.4. The molecule has 1 N–H and O–H groups in total. The molecule has 3 aromatic rings. The van der Waals surface area contributed by atoms with Gasteiger partial charge in [0.25, 0.3) is 0 Å². The van der Waals surface area contributed by atoms with Gasteiger partial charge < -0.3 is 19.5 Å². The van der Waals surface area contributed by atoms with Gasteiger partial charge in [0, 0.05) is 49.8 Å². The number of morpholine rings is 1. The van der Waals surface area contributed by atoms with E-state index in [0.717, 1.165) is 63.3 Å². The summed E-state index contributed by atoms with van der Waals surface area (Å²) in [4.78, 5) is 12.3. The average Bonchev–Trinajstić information content (AvgIpc) is 3.18. The predicted molar refractivity (Wildman–Crippen MR) is 110 cm³/mol. The molecule has 2 fully saturated rings. The molecule has 2 aliphatic heterocycles. The Labute approximate surface area is 164 Å². The van der Waals surface area contributed by atoms with Gasteiger partial charge in [0.05, 0.1) is 30.4 Å². The Hall–Kier alpha value is -2.60. The molecule has 2 aromatic heterocycles. The van der Waals surface area contributed by atoms with E-state index in [2.05, 4.69) is 44.0 Å². The molecule has 0 bridgehead atoms. The third kappa shape index (κ3) is 3.33. The lowest BCUT2D eigenvalue weighted by atomic mass is 9.90. The molecule has 2 saturated heterocycles. The number of nitrogens with one attached hydrogen (secondary N) is 1. The average molecular weight is 380 g/mol. The van der Waals surface area contributed by atoms with Gasteiger partial charge in [-0.3, -0.25) is 4.98 Å². The summed E-state index contributed by atoms with van der Waals surface area (Å²) >= 11 is 0. The minimum Gasteiger partial charge on any atom is -0.378 e. The van der Waals surface area contributed by atoms with Crippen LogP contribution in [-0.2, 0) is 4.74 Å². The molecule has 0 spiro atoms. The standard InChI is InChI=1S/C22H25FN4O/c23-17-13-21-22(25-14-17)20(15-24-21)16-5-7-26(8-6-16)18-1-3-19(4-2-18)27-9-11-28-12-10-27/h1-4,13-16,24H,5-12H2. The molecule has 0 aliphatic carbocycles. The number of hydrogen-bond acceptors (Lipinski definition) is 4. The number of halogens is 1. The normalized spacial score (nSPS) is 18.8. The molecular formula is C22H25FN4O. The maximum atomic E-state index is 13.4. The van der Waals surface area contributed by atoms with Gasteiger partial charge in [-0.05, 0) is 48.6 Å². The van der Waals surface area contributed by atoms with Crippen molar-refractivity contribution in [3.05, 3.63) is 54.1 Å². The van der Waals surface area contributed by atoms with Crippen molar-refractivity contribution in [1.82, 2.24) is 9.97 Å². The zero-order valence-corrected chi connectivity index (χ0v) is 15.9. The maximum Gasteiger partial charge on any atom is 0.143 e. The van der Waals surface area contributed by atoms with E-state index in [9.17, 15) is 4.39 Å². The summed E-state index contributed by atoms with van der Waals surface area (Å²) in [5.74, 6) is 0.173. The summed E-state index contributed by atoms with van der Waals surface area (Å²) in [6, 6.07) is 10.5. The lowest BCUT2D eigenvalue weighted by Gasteiger charge is -2.34. The summed E-state index contributed by atoms with van der Waals surface area (Å²) in [5.41, 5.74) is 5.48. The fraction of sp³-hybridized carbons (Fsp3) is 0.409. The van der Waals surface area contributed by atoms with E-state index in [4.69, 9.17) is 4.74 Å². The van der Waals surface area contributed by atoms with E-state index >= 15 is 0 Å². The zero-order chi connectivity index (χ0) is 18.9. The molecule has 4 heterocycles. The van der Waals surface area contributed by atoms with Crippen molar-refractivity contribution in [2.24, 2.45) is 0 Å². The third-order valence-electron chi connectivity index (χ3n) is 6.04. The highest BCUT2D eigenvalue weighted by molar-refractivity contribution is 5.79. The largest absolute Gasteiger partial charge is 0.378 e. The van der Waals surface area contributed by atoms with E-state index in [1.54, 1.807) is 0 Å². The lowest BCUT2D eigenvalue weighted by Crippen LogP contribution is -2.36. The number of aromatic nitrogens is 2. The molecule has 5 rings (SSSR count). The molecule has 0 amide bonds. The van der Waals surface area contributed by atoms with Crippen LogP contribution in [-0.4, -0.2) is 49.4 Å². The number of rotatable bonds is 3. The van der Waals surface area contributed by atoms with Crippen molar-refractivity contribution < 1.29 is 9.13 Å². The van der Waals surface area contributed by atoms with Crippen molar-refractivity contribution >= 4 is 22.4 Å². The number of hydrogen-bond donors (Lipinski definition) is 1. The fourth-order valence-corrected chi connectivity index (χ4v) is 4.46. The molecule has 0 unspecified atom stereocenters. The number of fused-ring (bicyclic) bond motifs is 1. The zero-order valence-electron chi connectivity index (χ0n) is 15.9. The van der Waals surface area contributed by atoms with Crippen molar-refractivity contribution in [1.29, 1.82) is 0 Å².